The summed E-state index contributed by atoms with van der Waals surface area (Å²) < 4.78 is 0. The summed E-state index contributed by atoms with van der Waals surface area (Å²) in [5, 5.41) is 0. The van der Waals surface area contributed by atoms with Crippen LogP contribution >= 0.6 is 0 Å². The summed E-state index contributed by atoms with van der Waals surface area (Å²) in [7, 11) is 0. The first kappa shape index (κ1) is 16.2. The Morgan fingerprint density at radius 2 is 1.33 bits per heavy atom. The van der Waals surface area contributed by atoms with Crippen molar-refractivity contribution in [2.45, 2.75) is 13.8 Å². The Labute approximate surface area is 53.4 Å². The van der Waals surface area contributed by atoms with Gasteiger partial charge in [-0.1, -0.05) is 13.8 Å². The molecule has 0 aromatic heterocycles. The first-order valence-corrected chi connectivity index (χ1v) is 1.29. The second-order valence-electron chi connectivity index (χ2n) is 1.08. The Balaban J connectivity index is -0.0000000450. The van der Waals surface area contributed by atoms with Gasteiger partial charge in [0.2, 0.25) is 0 Å². The molecule has 0 fully saturated rings. The van der Waals surface area contributed by atoms with Crippen molar-refractivity contribution in [2.24, 2.45) is 0 Å². The molecule has 32 valence electrons. The molecule has 0 amide bonds. The average molecular weight is 136 g/mol. The van der Waals surface area contributed by atoms with Gasteiger partial charge in [-0.2, -0.15) is 0 Å². The van der Waals surface area contributed by atoms with E-state index in [0.29, 0.717) is 0 Å². The summed E-state index contributed by atoms with van der Waals surface area (Å²) in [6.07, 6.45) is 0. The molecule has 0 heterocycles. The molecule has 0 nitrogen and oxygen atoms in total. The van der Waals surface area contributed by atoms with Gasteiger partial charge < -0.3 is 14.0 Å². The zero-order valence-electron chi connectivity index (χ0n) is 4.78. The molecule has 0 unspecified atom stereocenters. The summed E-state index contributed by atoms with van der Waals surface area (Å²) in [6.45, 7) is 8.75. The molecular weight excluding hydrogens is 125 g/mol. The van der Waals surface area contributed by atoms with Crippen molar-refractivity contribution >= 4 is 0 Å². The molecule has 0 aliphatic rings. The predicted octanol–water partition coefficient (Wildman–Crippen LogP) is 1.83. The SMILES string of the molecule is [CH-]=C(C)C.[CH3-].[Zn+2]. The maximum atomic E-state index is 5.03. The summed E-state index contributed by atoms with van der Waals surface area (Å²) in [5.74, 6) is 0. The topological polar surface area (TPSA) is 0 Å². The quantitative estimate of drug-likeness (QED) is 0.351. The van der Waals surface area contributed by atoms with Gasteiger partial charge in [0.05, 0.1) is 0 Å². The number of hydrogen-bond donors (Lipinski definition) is 0. The Morgan fingerprint density at radius 1 is 1.33 bits per heavy atom. The average Bonchev–Trinajstić information content (AvgIpc) is 0.811. The van der Waals surface area contributed by atoms with Crippen molar-refractivity contribution in [3.8, 4) is 0 Å². The van der Waals surface area contributed by atoms with E-state index < -0.39 is 0 Å². The molecule has 0 N–H and O–H groups in total. The molecule has 0 saturated heterocycles. The first-order chi connectivity index (χ1) is 1.73. The number of allylic oxidation sites excluding steroid dienone is 1. The molecular formula is C5H10Zn. The van der Waals surface area contributed by atoms with Crippen LogP contribution < -0.4 is 0 Å². The fraction of sp³-hybridized carbons (Fsp3) is 0.400. The molecule has 0 aromatic carbocycles. The summed E-state index contributed by atoms with van der Waals surface area (Å²) in [5.41, 5.74) is 0.917. The van der Waals surface area contributed by atoms with Crippen molar-refractivity contribution in [2.75, 3.05) is 0 Å². The van der Waals surface area contributed by atoms with E-state index in [9.17, 15) is 0 Å². The van der Waals surface area contributed by atoms with Crippen LogP contribution in [0.3, 0.4) is 0 Å². The molecule has 0 aliphatic heterocycles. The van der Waals surface area contributed by atoms with E-state index in [0.717, 1.165) is 5.57 Å². The summed E-state index contributed by atoms with van der Waals surface area (Å²) >= 11 is 0. The van der Waals surface area contributed by atoms with Crippen molar-refractivity contribution in [1.29, 1.82) is 0 Å². The Bertz CT molecular complexity index is 26.9. The van der Waals surface area contributed by atoms with Crippen molar-refractivity contribution in [1.82, 2.24) is 0 Å². The van der Waals surface area contributed by atoms with Crippen LogP contribution in [-0.4, -0.2) is 0 Å². The fourth-order valence-corrected chi connectivity index (χ4v) is 0. The van der Waals surface area contributed by atoms with Gasteiger partial charge >= 0.3 is 19.5 Å². The Hall–Kier alpha value is 0.363. The molecule has 0 spiro atoms. The smallest absolute Gasteiger partial charge is 0.515 e. The van der Waals surface area contributed by atoms with E-state index in [2.05, 4.69) is 0 Å². The zero-order valence-corrected chi connectivity index (χ0v) is 7.75. The molecule has 0 bridgehead atoms. The van der Waals surface area contributed by atoms with Gasteiger partial charge in [0.15, 0.2) is 0 Å². The maximum absolute atomic E-state index is 5.03. The van der Waals surface area contributed by atoms with Gasteiger partial charge in [0.1, 0.15) is 0 Å². The van der Waals surface area contributed by atoms with Gasteiger partial charge in [0.25, 0.3) is 0 Å². The molecule has 6 heavy (non-hydrogen) atoms. The van der Waals surface area contributed by atoms with Crippen molar-refractivity contribution < 1.29 is 19.5 Å². The van der Waals surface area contributed by atoms with Crippen LogP contribution in [-0.2, 0) is 19.5 Å². The van der Waals surface area contributed by atoms with Crippen LogP contribution in [0.15, 0.2) is 5.57 Å². The zero-order chi connectivity index (χ0) is 3.58. The fourth-order valence-electron chi connectivity index (χ4n) is 0. The van der Waals surface area contributed by atoms with Crippen LogP contribution in [0.1, 0.15) is 13.8 Å². The number of hydrogen-bond acceptors (Lipinski definition) is 0. The van der Waals surface area contributed by atoms with Crippen molar-refractivity contribution in [3.63, 3.8) is 0 Å². The van der Waals surface area contributed by atoms with E-state index >= 15 is 0 Å². The molecule has 0 saturated carbocycles. The largest absolute Gasteiger partial charge is 2.00 e. The third-order valence-corrected chi connectivity index (χ3v) is 0. The van der Waals surface area contributed by atoms with Gasteiger partial charge in [-0.15, -0.1) is 0 Å². The third kappa shape index (κ3) is 374. The molecule has 0 rings (SSSR count). The summed E-state index contributed by atoms with van der Waals surface area (Å²) in [4.78, 5) is 0. The van der Waals surface area contributed by atoms with E-state index in [1.165, 1.54) is 0 Å². The normalized spacial score (nSPS) is 4.33. The number of rotatable bonds is 0. The van der Waals surface area contributed by atoms with E-state index in [4.69, 9.17) is 6.58 Å². The van der Waals surface area contributed by atoms with E-state index in [1.807, 2.05) is 13.8 Å². The van der Waals surface area contributed by atoms with Gasteiger partial charge in [-0.25, -0.2) is 0 Å². The molecule has 0 radical (unpaired) electrons. The monoisotopic (exact) mass is 134 g/mol. The predicted molar refractivity (Wildman–Crippen MR) is 25.6 cm³/mol. The second-order valence-corrected chi connectivity index (χ2v) is 1.08. The Morgan fingerprint density at radius 3 is 1.33 bits per heavy atom. The maximum Gasteiger partial charge on any atom is 2.00 e. The van der Waals surface area contributed by atoms with E-state index in [1.54, 1.807) is 0 Å². The van der Waals surface area contributed by atoms with Crippen LogP contribution in [0.2, 0.25) is 0 Å². The minimum Gasteiger partial charge on any atom is -0.515 e. The molecule has 0 aliphatic carbocycles. The van der Waals surface area contributed by atoms with Gasteiger partial charge in [-0.3, -0.25) is 5.57 Å². The summed E-state index contributed by atoms with van der Waals surface area (Å²) in [6, 6.07) is 0. The van der Waals surface area contributed by atoms with Crippen LogP contribution in [0, 0.1) is 14.0 Å². The van der Waals surface area contributed by atoms with Crippen molar-refractivity contribution in [3.05, 3.63) is 19.6 Å². The molecule has 0 aromatic rings. The van der Waals surface area contributed by atoms with Crippen LogP contribution in [0.5, 0.6) is 0 Å². The second kappa shape index (κ2) is 9.03. The molecule has 0 atom stereocenters. The Kier molecular flexibility index (Phi) is 24.3. The van der Waals surface area contributed by atoms with Gasteiger partial charge in [-0.05, 0) is 0 Å². The standard InChI is InChI=1S/C4H7.CH3.Zn/c1-4(2)3;;/h1H,2-3H3;1H3;/q2*-1;+2. The minimum absolute atomic E-state index is 0. The third-order valence-electron chi connectivity index (χ3n) is 0. The van der Waals surface area contributed by atoms with Crippen LogP contribution in [0.4, 0.5) is 0 Å². The minimum atomic E-state index is 0. The molecule has 1 heteroatoms. The van der Waals surface area contributed by atoms with Crippen LogP contribution in [0.25, 0.3) is 0 Å². The van der Waals surface area contributed by atoms with Gasteiger partial charge in [0, 0.05) is 0 Å². The first-order valence-electron chi connectivity index (χ1n) is 1.29. The van der Waals surface area contributed by atoms with E-state index in [-0.39, 0.29) is 26.9 Å².